The van der Waals surface area contributed by atoms with Crippen molar-refractivity contribution in [1.82, 2.24) is 5.32 Å². The molecule has 1 N–H and O–H groups in total. The summed E-state index contributed by atoms with van der Waals surface area (Å²) in [5.41, 5.74) is 1.22. The van der Waals surface area contributed by atoms with E-state index in [2.05, 4.69) is 31.3 Å². The van der Waals surface area contributed by atoms with Gasteiger partial charge < -0.3 is 5.32 Å². The summed E-state index contributed by atoms with van der Waals surface area (Å²) in [4.78, 5) is 11.5. The van der Waals surface area contributed by atoms with E-state index in [1.165, 1.54) is 5.56 Å². The Labute approximate surface area is 98.1 Å². The second-order valence-corrected chi connectivity index (χ2v) is 4.52. The number of carbonyl (C=O) groups excluding carboxylic acids is 1. The lowest BCUT2D eigenvalue weighted by atomic mass is 10.1. The van der Waals surface area contributed by atoms with Crippen molar-refractivity contribution >= 4 is 5.91 Å². The number of hydrogen-bond donors (Lipinski definition) is 1. The zero-order valence-corrected chi connectivity index (χ0v) is 10.2. The van der Waals surface area contributed by atoms with Gasteiger partial charge in [0.2, 0.25) is 5.91 Å². The first-order valence-electron chi connectivity index (χ1n) is 5.99. The number of rotatable bonds is 6. The largest absolute Gasteiger partial charge is 0.356 e. The van der Waals surface area contributed by atoms with Gasteiger partial charge in [-0.25, -0.2) is 0 Å². The van der Waals surface area contributed by atoms with Crippen LogP contribution >= 0.6 is 0 Å². The number of benzene rings is 1. The van der Waals surface area contributed by atoms with Gasteiger partial charge in [0.05, 0.1) is 0 Å². The molecule has 1 rings (SSSR count). The molecule has 0 fully saturated rings. The van der Waals surface area contributed by atoms with Crippen molar-refractivity contribution in [3.8, 4) is 0 Å². The van der Waals surface area contributed by atoms with E-state index in [4.69, 9.17) is 0 Å². The Morgan fingerprint density at radius 1 is 1.25 bits per heavy atom. The van der Waals surface area contributed by atoms with Crippen molar-refractivity contribution in [1.29, 1.82) is 0 Å². The third kappa shape index (κ3) is 5.54. The summed E-state index contributed by atoms with van der Waals surface area (Å²) in [7, 11) is 0. The minimum atomic E-state index is 0.157. The average molecular weight is 219 g/mol. The second-order valence-electron chi connectivity index (χ2n) is 4.52. The van der Waals surface area contributed by atoms with E-state index in [9.17, 15) is 4.79 Å². The van der Waals surface area contributed by atoms with E-state index in [-0.39, 0.29) is 5.91 Å². The Morgan fingerprint density at radius 3 is 2.56 bits per heavy atom. The maximum atomic E-state index is 11.5. The molecule has 1 aromatic rings. The third-order valence-corrected chi connectivity index (χ3v) is 2.53. The molecule has 0 bridgehead atoms. The van der Waals surface area contributed by atoms with E-state index < -0.39 is 0 Å². The first kappa shape index (κ1) is 12.8. The van der Waals surface area contributed by atoms with Crippen molar-refractivity contribution < 1.29 is 4.79 Å². The monoisotopic (exact) mass is 219 g/mol. The quantitative estimate of drug-likeness (QED) is 0.783. The molecule has 0 atom stereocenters. The molecule has 0 aromatic heterocycles. The molecule has 1 amide bonds. The summed E-state index contributed by atoms with van der Waals surface area (Å²) in [6, 6.07) is 10.1. The van der Waals surface area contributed by atoms with Crippen LogP contribution in [0.4, 0.5) is 0 Å². The number of aryl methyl sites for hydroxylation is 1. The van der Waals surface area contributed by atoms with E-state index >= 15 is 0 Å². The van der Waals surface area contributed by atoms with Crippen LogP contribution in [-0.4, -0.2) is 12.5 Å². The van der Waals surface area contributed by atoms with Gasteiger partial charge in [0.1, 0.15) is 0 Å². The van der Waals surface area contributed by atoms with Crippen molar-refractivity contribution in [3.05, 3.63) is 35.9 Å². The fourth-order valence-electron chi connectivity index (χ4n) is 1.49. The Bertz CT molecular complexity index is 306. The minimum Gasteiger partial charge on any atom is -0.356 e. The molecule has 0 spiro atoms. The summed E-state index contributed by atoms with van der Waals surface area (Å²) in [5, 5.41) is 2.95. The fraction of sp³-hybridized carbons (Fsp3) is 0.500. The molecule has 2 nitrogen and oxygen atoms in total. The molecule has 2 heteroatoms. The van der Waals surface area contributed by atoms with Crippen LogP contribution in [0.2, 0.25) is 0 Å². The number of nitrogens with one attached hydrogen (secondary N) is 1. The van der Waals surface area contributed by atoms with E-state index in [0.29, 0.717) is 12.3 Å². The van der Waals surface area contributed by atoms with Crippen LogP contribution in [0.15, 0.2) is 30.3 Å². The number of hydrogen-bond acceptors (Lipinski definition) is 1. The van der Waals surface area contributed by atoms with Crippen molar-refractivity contribution in [2.45, 2.75) is 33.1 Å². The van der Waals surface area contributed by atoms with Crippen LogP contribution in [0.3, 0.4) is 0 Å². The molecular weight excluding hydrogens is 198 g/mol. The van der Waals surface area contributed by atoms with Crippen LogP contribution in [0.25, 0.3) is 0 Å². The van der Waals surface area contributed by atoms with Crippen LogP contribution in [-0.2, 0) is 11.2 Å². The highest BCUT2D eigenvalue weighted by atomic mass is 16.1. The van der Waals surface area contributed by atoms with E-state index in [0.717, 1.165) is 19.4 Å². The summed E-state index contributed by atoms with van der Waals surface area (Å²) >= 11 is 0. The summed E-state index contributed by atoms with van der Waals surface area (Å²) in [6.07, 6.45) is 2.47. The van der Waals surface area contributed by atoms with Crippen molar-refractivity contribution in [2.75, 3.05) is 6.54 Å². The van der Waals surface area contributed by atoms with Crippen LogP contribution in [0, 0.1) is 5.92 Å². The van der Waals surface area contributed by atoms with Gasteiger partial charge in [0.15, 0.2) is 0 Å². The lowest BCUT2D eigenvalue weighted by Gasteiger charge is -2.07. The lowest BCUT2D eigenvalue weighted by Crippen LogP contribution is -2.25. The zero-order valence-electron chi connectivity index (χ0n) is 10.2. The van der Waals surface area contributed by atoms with Gasteiger partial charge in [-0.1, -0.05) is 44.2 Å². The topological polar surface area (TPSA) is 29.1 Å². The van der Waals surface area contributed by atoms with E-state index in [1.807, 2.05) is 18.2 Å². The predicted octanol–water partition coefficient (Wildman–Crippen LogP) is 2.78. The highest BCUT2D eigenvalue weighted by Crippen LogP contribution is 2.02. The fourth-order valence-corrected chi connectivity index (χ4v) is 1.49. The Balaban J connectivity index is 2.16. The van der Waals surface area contributed by atoms with Crippen LogP contribution in [0.1, 0.15) is 32.3 Å². The Morgan fingerprint density at radius 2 is 1.94 bits per heavy atom. The standard InChI is InChI=1S/C14H21NO/c1-12(2)10-11-15-14(16)9-8-13-6-4-3-5-7-13/h3-7,12H,8-11H2,1-2H3,(H,15,16). The van der Waals surface area contributed by atoms with Gasteiger partial charge in [-0.3, -0.25) is 4.79 Å². The van der Waals surface area contributed by atoms with Crippen molar-refractivity contribution in [2.24, 2.45) is 5.92 Å². The molecule has 0 aliphatic heterocycles. The molecule has 0 heterocycles. The van der Waals surface area contributed by atoms with Crippen LogP contribution < -0.4 is 5.32 Å². The highest BCUT2D eigenvalue weighted by Gasteiger charge is 2.01. The van der Waals surface area contributed by atoms with Gasteiger partial charge >= 0.3 is 0 Å². The lowest BCUT2D eigenvalue weighted by molar-refractivity contribution is -0.121. The summed E-state index contributed by atoms with van der Waals surface area (Å²) in [6.45, 7) is 5.12. The number of carbonyl (C=O) groups is 1. The summed E-state index contributed by atoms with van der Waals surface area (Å²) in [5.74, 6) is 0.805. The zero-order chi connectivity index (χ0) is 11.8. The van der Waals surface area contributed by atoms with Gasteiger partial charge in [-0.2, -0.15) is 0 Å². The number of amides is 1. The third-order valence-electron chi connectivity index (χ3n) is 2.53. The van der Waals surface area contributed by atoms with Crippen LogP contribution in [0.5, 0.6) is 0 Å². The highest BCUT2D eigenvalue weighted by molar-refractivity contribution is 5.76. The molecule has 0 aliphatic rings. The smallest absolute Gasteiger partial charge is 0.220 e. The Kier molecular flexibility index (Phi) is 5.62. The molecular formula is C14H21NO. The normalized spacial score (nSPS) is 10.4. The Hall–Kier alpha value is -1.31. The van der Waals surface area contributed by atoms with Gasteiger partial charge in [0.25, 0.3) is 0 Å². The molecule has 88 valence electrons. The molecule has 0 radical (unpaired) electrons. The second kappa shape index (κ2) is 7.04. The molecule has 16 heavy (non-hydrogen) atoms. The first-order valence-corrected chi connectivity index (χ1v) is 5.99. The molecule has 0 saturated carbocycles. The molecule has 1 aromatic carbocycles. The minimum absolute atomic E-state index is 0.157. The van der Waals surface area contributed by atoms with Gasteiger partial charge in [0, 0.05) is 13.0 Å². The van der Waals surface area contributed by atoms with Gasteiger partial charge in [-0.15, -0.1) is 0 Å². The summed E-state index contributed by atoms with van der Waals surface area (Å²) < 4.78 is 0. The average Bonchev–Trinajstić information content (AvgIpc) is 2.27. The molecule has 0 saturated heterocycles. The SMILES string of the molecule is CC(C)CCNC(=O)CCc1ccccc1. The van der Waals surface area contributed by atoms with E-state index in [1.54, 1.807) is 0 Å². The maximum absolute atomic E-state index is 11.5. The predicted molar refractivity (Wildman–Crippen MR) is 67.2 cm³/mol. The van der Waals surface area contributed by atoms with Gasteiger partial charge in [-0.05, 0) is 24.3 Å². The van der Waals surface area contributed by atoms with Crippen molar-refractivity contribution in [3.63, 3.8) is 0 Å². The first-order chi connectivity index (χ1) is 7.68. The molecule has 0 aliphatic carbocycles. The molecule has 0 unspecified atom stereocenters. The maximum Gasteiger partial charge on any atom is 0.220 e.